The Balaban J connectivity index is 2.37. The number of rotatable bonds is 3. The summed E-state index contributed by atoms with van der Waals surface area (Å²) in [6.07, 6.45) is 2.95. The molecule has 0 amide bonds. The quantitative estimate of drug-likeness (QED) is 0.947. The summed E-state index contributed by atoms with van der Waals surface area (Å²) >= 11 is 3.44. The van der Waals surface area contributed by atoms with Crippen molar-refractivity contribution < 1.29 is 9.84 Å². The second-order valence-electron chi connectivity index (χ2n) is 3.71. The van der Waals surface area contributed by atoms with Crippen LogP contribution in [0.25, 0.3) is 5.69 Å². The van der Waals surface area contributed by atoms with Crippen LogP contribution < -0.4 is 4.74 Å². The van der Waals surface area contributed by atoms with E-state index < -0.39 is 6.10 Å². The molecule has 4 nitrogen and oxygen atoms in total. The lowest BCUT2D eigenvalue weighted by atomic mass is 10.1. The number of benzene rings is 1. The number of aromatic nitrogens is 2. The van der Waals surface area contributed by atoms with Gasteiger partial charge in [-0.25, -0.2) is 4.68 Å². The lowest BCUT2D eigenvalue weighted by molar-refractivity contribution is 0.198. The van der Waals surface area contributed by atoms with Gasteiger partial charge in [0.1, 0.15) is 0 Å². The number of halogens is 1. The largest absolute Gasteiger partial charge is 0.493 e. The zero-order chi connectivity index (χ0) is 12.4. The van der Waals surface area contributed by atoms with Gasteiger partial charge in [-0.3, -0.25) is 0 Å². The summed E-state index contributed by atoms with van der Waals surface area (Å²) in [5.74, 6) is 0.709. The maximum absolute atomic E-state index is 9.54. The van der Waals surface area contributed by atoms with Gasteiger partial charge in [-0.05, 0) is 24.6 Å². The van der Waals surface area contributed by atoms with Crippen molar-refractivity contribution in [3.63, 3.8) is 0 Å². The topological polar surface area (TPSA) is 47.3 Å². The summed E-state index contributed by atoms with van der Waals surface area (Å²) in [5, 5.41) is 13.7. The van der Waals surface area contributed by atoms with Crippen LogP contribution in [0, 0.1) is 0 Å². The van der Waals surface area contributed by atoms with Crippen LogP contribution in [0.2, 0.25) is 0 Å². The van der Waals surface area contributed by atoms with E-state index in [0.29, 0.717) is 5.75 Å². The maximum Gasteiger partial charge on any atom is 0.157 e. The molecule has 5 heteroatoms. The smallest absolute Gasteiger partial charge is 0.157 e. The summed E-state index contributed by atoms with van der Waals surface area (Å²) in [6.45, 7) is 1.73. The molecule has 0 radical (unpaired) electrons. The Morgan fingerprint density at radius 2 is 2.24 bits per heavy atom. The summed E-state index contributed by atoms with van der Waals surface area (Å²) in [5.41, 5.74) is 1.76. The fraction of sp³-hybridized carbons (Fsp3) is 0.250. The molecule has 1 heterocycles. The van der Waals surface area contributed by atoms with Crippen LogP contribution in [-0.2, 0) is 0 Å². The van der Waals surface area contributed by atoms with Gasteiger partial charge in [0, 0.05) is 4.47 Å². The number of methoxy groups -OCH3 is 1. The number of ether oxygens (including phenoxy) is 1. The summed E-state index contributed by atoms with van der Waals surface area (Å²) in [6, 6.07) is 5.69. The van der Waals surface area contributed by atoms with Gasteiger partial charge in [0.15, 0.2) is 5.75 Å². The predicted molar refractivity (Wildman–Crippen MR) is 68.4 cm³/mol. The molecule has 1 aromatic heterocycles. The van der Waals surface area contributed by atoms with Crippen molar-refractivity contribution in [2.24, 2.45) is 0 Å². The number of nitrogens with zero attached hydrogens (tertiary/aromatic N) is 2. The molecule has 2 rings (SSSR count). The molecule has 2 aromatic rings. The Morgan fingerprint density at radius 3 is 2.76 bits per heavy atom. The number of hydrogen-bond donors (Lipinski definition) is 1. The SMILES string of the molecule is COc1cnn(-c2ccc([C@@H](C)O)c(Br)c2)c1. The highest BCUT2D eigenvalue weighted by atomic mass is 79.9. The second-order valence-corrected chi connectivity index (χ2v) is 4.56. The minimum atomic E-state index is -0.495. The van der Waals surface area contributed by atoms with E-state index in [1.165, 1.54) is 0 Å². The van der Waals surface area contributed by atoms with Gasteiger partial charge in [-0.15, -0.1) is 0 Å². The third-order valence-corrected chi connectivity index (χ3v) is 3.18. The summed E-state index contributed by atoms with van der Waals surface area (Å²) in [7, 11) is 1.60. The van der Waals surface area contributed by atoms with Crippen molar-refractivity contribution in [1.29, 1.82) is 0 Å². The molecule has 0 unspecified atom stereocenters. The highest BCUT2D eigenvalue weighted by Gasteiger charge is 2.08. The van der Waals surface area contributed by atoms with E-state index in [2.05, 4.69) is 21.0 Å². The van der Waals surface area contributed by atoms with Crippen molar-refractivity contribution in [3.8, 4) is 11.4 Å². The molecular weight excluding hydrogens is 284 g/mol. The molecule has 90 valence electrons. The first-order valence-electron chi connectivity index (χ1n) is 5.18. The highest BCUT2D eigenvalue weighted by Crippen LogP contribution is 2.26. The van der Waals surface area contributed by atoms with Gasteiger partial charge in [0.2, 0.25) is 0 Å². The molecule has 0 bridgehead atoms. The van der Waals surface area contributed by atoms with Gasteiger partial charge in [-0.2, -0.15) is 5.10 Å². The van der Waals surface area contributed by atoms with E-state index in [0.717, 1.165) is 15.7 Å². The zero-order valence-electron chi connectivity index (χ0n) is 9.59. The zero-order valence-corrected chi connectivity index (χ0v) is 11.2. The summed E-state index contributed by atoms with van der Waals surface area (Å²) < 4.78 is 7.65. The van der Waals surface area contributed by atoms with Gasteiger partial charge < -0.3 is 9.84 Å². The van der Waals surface area contributed by atoms with Crippen LogP contribution in [0.4, 0.5) is 0 Å². The Labute approximate surface area is 108 Å². The molecular formula is C12H13BrN2O2. The van der Waals surface area contributed by atoms with E-state index in [-0.39, 0.29) is 0 Å². The van der Waals surface area contributed by atoms with Crippen molar-refractivity contribution in [3.05, 3.63) is 40.6 Å². The van der Waals surface area contributed by atoms with Crippen LogP contribution in [0.3, 0.4) is 0 Å². The van der Waals surface area contributed by atoms with Crippen LogP contribution in [0.5, 0.6) is 5.75 Å². The molecule has 0 fully saturated rings. The molecule has 1 N–H and O–H groups in total. The normalized spacial score (nSPS) is 12.5. The molecule has 0 aliphatic rings. The molecule has 0 saturated carbocycles. The molecule has 1 atom stereocenters. The van der Waals surface area contributed by atoms with Gasteiger partial charge >= 0.3 is 0 Å². The van der Waals surface area contributed by atoms with Gasteiger partial charge in [-0.1, -0.05) is 22.0 Å². The highest BCUT2D eigenvalue weighted by molar-refractivity contribution is 9.10. The van der Waals surface area contributed by atoms with Crippen LogP contribution in [0.1, 0.15) is 18.6 Å². The van der Waals surface area contributed by atoms with E-state index in [1.54, 1.807) is 31.1 Å². The number of aliphatic hydroxyl groups is 1. The van der Waals surface area contributed by atoms with Gasteiger partial charge in [0.05, 0.1) is 31.3 Å². The van der Waals surface area contributed by atoms with Crippen LogP contribution in [-0.4, -0.2) is 22.0 Å². The van der Waals surface area contributed by atoms with Crippen molar-refractivity contribution >= 4 is 15.9 Å². The maximum atomic E-state index is 9.54. The minimum Gasteiger partial charge on any atom is -0.493 e. The third-order valence-electron chi connectivity index (χ3n) is 2.49. The first-order chi connectivity index (χ1) is 8.11. The molecule has 17 heavy (non-hydrogen) atoms. The number of hydrogen-bond acceptors (Lipinski definition) is 3. The lowest BCUT2D eigenvalue weighted by Gasteiger charge is -2.09. The standard InChI is InChI=1S/C12H13BrN2O2/c1-8(16)11-4-3-9(5-12(11)13)15-7-10(17-2)6-14-15/h3-8,16H,1-2H3/t8-/m1/s1. The van der Waals surface area contributed by atoms with Crippen molar-refractivity contribution in [2.75, 3.05) is 7.11 Å². The fourth-order valence-electron chi connectivity index (χ4n) is 1.55. The average Bonchev–Trinajstić information content (AvgIpc) is 2.76. The van der Waals surface area contributed by atoms with Crippen LogP contribution >= 0.6 is 15.9 Å². The van der Waals surface area contributed by atoms with Crippen molar-refractivity contribution in [2.45, 2.75) is 13.0 Å². The first kappa shape index (κ1) is 12.1. The lowest BCUT2D eigenvalue weighted by Crippen LogP contribution is -1.97. The van der Waals surface area contributed by atoms with E-state index >= 15 is 0 Å². The Kier molecular flexibility index (Phi) is 3.49. The Bertz CT molecular complexity index is 523. The second kappa shape index (κ2) is 4.89. The minimum absolute atomic E-state index is 0.495. The van der Waals surface area contributed by atoms with Gasteiger partial charge in [0.25, 0.3) is 0 Å². The molecule has 1 aromatic carbocycles. The average molecular weight is 297 g/mol. The molecule has 0 saturated heterocycles. The van der Waals surface area contributed by atoms with E-state index in [1.807, 2.05) is 18.2 Å². The van der Waals surface area contributed by atoms with E-state index in [9.17, 15) is 5.11 Å². The fourth-order valence-corrected chi connectivity index (χ4v) is 2.25. The number of aliphatic hydroxyl groups excluding tert-OH is 1. The van der Waals surface area contributed by atoms with E-state index in [4.69, 9.17) is 4.74 Å². The Hall–Kier alpha value is -1.33. The monoisotopic (exact) mass is 296 g/mol. The van der Waals surface area contributed by atoms with Crippen molar-refractivity contribution in [1.82, 2.24) is 9.78 Å². The predicted octanol–water partition coefficient (Wildman–Crippen LogP) is 2.70. The third kappa shape index (κ3) is 2.50. The molecule has 0 spiro atoms. The summed E-state index contributed by atoms with van der Waals surface area (Å²) in [4.78, 5) is 0. The molecule has 0 aliphatic carbocycles. The first-order valence-corrected chi connectivity index (χ1v) is 5.97. The molecule has 0 aliphatic heterocycles. The Morgan fingerprint density at radius 1 is 1.47 bits per heavy atom. The van der Waals surface area contributed by atoms with Crippen LogP contribution in [0.15, 0.2) is 35.1 Å².